The van der Waals surface area contributed by atoms with E-state index in [-0.39, 0.29) is 5.92 Å². The Morgan fingerprint density at radius 1 is 1.79 bits per heavy atom. The molecule has 0 aliphatic carbocycles. The van der Waals surface area contributed by atoms with Gasteiger partial charge in [0, 0.05) is 18.7 Å². The summed E-state index contributed by atoms with van der Waals surface area (Å²) < 4.78 is 2.66. The van der Waals surface area contributed by atoms with Crippen molar-refractivity contribution in [2.75, 3.05) is 11.5 Å². The van der Waals surface area contributed by atoms with Gasteiger partial charge in [0.25, 0.3) is 0 Å². The molecule has 2 atom stereocenters. The van der Waals surface area contributed by atoms with E-state index in [0.717, 1.165) is 21.7 Å². The van der Waals surface area contributed by atoms with Crippen molar-refractivity contribution in [1.29, 1.82) is 0 Å². The van der Waals surface area contributed by atoms with Crippen LogP contribution in [-0.4, -0.2) is 26.4 Å². The zero-order valence-electron chi connectivity index (χ0n) is 8.20. The molecule has 1 aliphatic heterocycles. The van der Waals surface area contributed by atoms with Crippen molar-refractivity contribution in [1.82, 2.24) is 9.78 Å². The van der Waals surface area contributed by atoms with Gasteiger partial charge in [-0.15, -0.1) is 0 Å². The zero-order valence-corrected chi connectivity index (χ0v) is 10.6. The highest BCUT2D eigenvalue weighted by Crippen LogP contribution is 2.43. The average Bonchev–Trinajstić information content (AvgIpc) is 2.60. The Labute approximate surface area is 96.0 Å². The summed E-state index contributed by atoms with van der Waals surface area (Å²) in [5.74, 6) is 2.04. The van der Waals surface area contributed by atoms with Gasteiger partial charge in [-0.1, -0.05) is 6.92 Å². The minimum Gasteiger partial charge on any atom is -0.382 e. The molecular weight excluding hydrogens is 264 g/mol. The van der Waals surface area contributed by atoms with Gasteiger partial charge in [-0.2, -0.15) is 16.9 Å². The van der Waals surface area contributed by atoms with Crippen LogP contribution in [0.25, 0.3) is 0 Å². The molecule has 5 heteroatoms. The van der Waals surface area contributed by atoms with Gasteiger partial charge in [0.15, 0.2) is 0 Å². The third kappa shape index (κ3) is 1.42. The fraction of sp³-hybridized carbons (Fsp3) is 0.667. The molecule has 14 heavy (non-hydrogen) atoms. The molecule has 1 aromatic rings. The van der Waals surface area contributed by atoms with E-state index < -0.39 is 5.60 Å². The monoisotopic (exact) mass is 276 g/mol. The van der Waals surface area contributed by atoms with Gasteiger partial charge < -0.3 is 5.11 Å². The maximum Gasteiger partial charge on any atom is 0.120 e. The van der Waals surface area contributed by atoms with Crippen molar-refractivity contribution >= 4 is 27.7 Å². The maximum atomic E-state index is 10.6. The fourth-order valence-electron chi connectivity index (χ4n) is 1.87. The van der Waals surface area contributed by atoms with Crippen molar-refractivity contribution in [2.45, 2.75) is 12.5 Å². The zero-order chi connectivity index (χ0) is 10.3. The number of aryl methyl sites for hydroxylation is 1. The number of hydrogen-bond acceptors (Lipinski definition) is 3. The molecule has 1 saturated heterocycles. The molecule has 0 radical (unpaired) electrons. The van der Waals surface area contributed by atoms with Crippen LogP contribution in [0.1, 0.15) is 12.6 Å². The minimum absolute atomic E-state index is 0.277. The van der Waals surface area contributed by atoms with E-state index in [4.69, 9.17) is 0 Å². The van der Waals surface area contributed by atoms with Gasteiger partial charge in [-0.25, -0.2) is 0 Å². The lowest BCUT2D eigenvalue weighted by molar-refractivity contribution is 0.0148. The molecule has 0 aromatic carbocycles. The van der Waals surface area contributed by atoms with Crippen LogP contribution >= 0.6 is 27.7 Å². The highest BCUT2D eigenvalue weighted by atomic mass is 79.9. The van der Waals surface area contributed by atoms with Crippen LogP contribution in [-0.2, 0) is 12.6 Å². The molecule has 0 amide bonds. The van der Waals surface area contributed by atoms with Crippen molar-refractivity contribution in [3.8, 4) is 0 Å². The lowest BCUT2D eigenvalue weighted by Crippen LogP contribution is -2.35. The molecule has 1 N–H and O–H groups in total. The molecule has 2 heterocycles. The van der Waals surface area contributed by atoms with Crippen LogP contribution in [0.2, 0.25) is 0 Å². The van der Waals surface area contributed by atoms with Crippen LogP contribution in [0.3, 0.4) is 0 Å². The van der Waals surface area contributed by atoms with Crippen LogP contribution in [0, 0.1) is 5.92 Å². The lowest BCUT2D eigenvalue weighted by Gasteiger charge is -2.27. The van der Waals surface area contributed by atoms with E-state index in [1.807, 2.05) is 7.05 Å². The molecular formula is C9H13BrN2OS. The number of rotatable bonds is 1. The third-order valence-corrected chi connectivity index (χ3v) is 4.77. The van der Waals surface area contributed by atoms with Crippen LogP contribution in [0.4, 0.5) is 0 Å². The summed E-state index contributed by atoms with van der Waals surface area (Å²) in [7, 11) is 1.87. The number of aromatic nitrogens is 2. The van der Waals surface area contributed by atoms with E-state index in [1.165, 1.54) is 0 Å². The summed E-state index contributed by atoms with van der Waals surface area (Å²) in [5.41, 5.74) is 0.171. The quantitative estimate of drug-likeness (QED) is 0.850. The first-order chi connectivity index (χ1) is 6.55. The average molecular weight is 277 g/mol. The van der Waals surface area contributed by atoms with Gasteiger partial charge in [-0.05, 0) is 21.7 Å². The molecule has 1 aliphatic rings. The topological polar surface area (TPSA) is 38.1 Å². The summed E-state index contributed by atoms with van der Waals surface area (Å²) in [5, 5.41) is 14.7. The molecule has 78 valence electrons. The van der Waals surface area contributed by atoms with Gasteiger partial charge >= 0.3 is 0 Å². The Morgan fingerprint density at radius 3 is 2.93 bits per heavy atom. The fourth-order valence-corrected chi connectivity index (χ4v) is 4.04. The second-order valence-corrected chi connectivity index (χ2v) is 5.69. The van der Waals surface area contributed by atoms with Crippen molar-refractivity contribution in [3.63, 3.8) is 0 Å². The largest absolute Gasteiger partial charge is 0.382 e. The second kappa shape index (κ2) is 3.54. The molecule has 0 spiro atoms. The SMILES string of the molecule is CC1CSCC1(O)c1c(Br)cnn1C. The van der Waals surface area contributed by atoms with Gasteiger partial charge in [0.2, 0.25) is 0 Å². The van der Waals surface area contributed by atoms with E-state index >= 15 is 0 Å². The summed E-state index contributed by atoms with van der Waals surface area (Å²) in [4.78, 5) is 0. The van der Waals surface area contributed by atoms with Crippen molar-refractivity contribution in [3.05, 3.63) is 16.4 Å². The molecule has 0 bridgehead atoms. The van der Waals surface area contributed by atoms with Crippen LogP contribution in [0.5, 0.6) is 0 Å². The molecule has 1 fully saturated rings. The second-order valence-electron chi connectivity index (χ2n) is 3.81. The highest BCUT2D eigenvalue weighted by molar-refractivity contribution is 9.10. The molecule has 1 aromatic heterocycles. The van der Waals surface area contributed by atoms with E-state index in [2.05, 4.69) is 28.0 Å². The summed E-state index contributed by atoms with van der Waals surface area (Å²) in [6, 6.07) is 0. The van der Waals surface area contributed by atoms with Gasteiger partial charge in [0.05, 0.1) is 16.4 Å². The van der Waals surface area contributed by atoms with E-state index in [9.17, 15) is 5.11 Å². The molecule has 0 saturated carbocycles. The van der Waals surface area contributed by atoms with E-state index in [0.29, 0.717) is 0 Å². The Kier molecular flexibility index (Phi) is 2.66. The predicted octanol–water partition coefficient (Wildman–Crippen LogP) is 1.75. The Morgan fingerprint density at radius 2 is 2.50 bits per heavy atom. The Hall–Kier alpha value is 0. The van der Waals surface area contributed by atoms with Gasteiger partial charge in [0.1, 0.15) is 5.60 Å². The molecule has 2 unspecified atom stereocenters. The smallest absolute Gasteiger partial charge is 0.120 e. The first-order valence-electron chi connectivity index (χ1n) is 4.54. The first-order valence-corrected chi connectivity index (χ1v) is 6.48. The number of thioether (sulfide) groups is 1. The molecule has 3 nitrogen and oxygen atoms in total. The molecule has 2 rings (SSSR count). The Bertz CT molecular complexity index is 335. The predicted molar refractivity (Wildman–Crippen MR) is 61.3 cm³/mol. The number of halogens is 1. The lowest BCUT2D eigenvalue weighted by atomic mass is 9.89. The summed E-state index contributed by atoms with van der Waals surface area (Å²) in [6.07, 6.45) is 1.74. The standard InChI is InChI=1S/C9H13BrN2OS/c1-6-4-14-5-9(6,13)8-7(10)3-11-12(8)2/h3,6,13H,4-5H2,1-2H3. The number of aliphatic hydroxyl groups is 1. The van der Waals surface area contributed by atoms with Crippen molar-refractivity contribution < 1.29 is 5.11 Å². The third-order valence-electron chi connectivity index (χ3n) is 2.81. The number of nitrogens with zero attached hydrogens (tertiary/aromatic N) is 2. The van der Waals surface area contributed by atoms with Gasteiger partial charge in [-0.3, -0.25) is 4.68 Å². The Balaban J connectivity index is 2.47. The van der Waals surface area contributed by atoms with E-state index in [1.54, 1.807) is 22.6 Å². The summed E-state index contributed by atoms with van der Waals surface area (Å²) >= 11 is 5.23. The van der Waals surface area contributed by atoms with Crippen LogP contribution in [0.15, 0.2) is 10.7 Å². The number of hydrogen-bond donors (Lipinski definition) is 1. The van der Waals surface area contributed by atoms with Crippen LogP contribution < -0.4 is 0 Å². The first kappa shape index (κ1) is 10.5. The minimum atomic E-state index is -0.727. The maximum absolute atomic E-state index is 10.6. The highest BCUT2D eigenvalue weighted by Gasteiger charge is 2.43. The summed E-state index contributed by atoms with van der Waals surface area (Å²) in [6.45, 7) is 2.08. The van der Waals surface area contributed by atoms with Crippen molar-refractivity contribution in [2.24, 2.45) is 13.0 Å². The normalized spacial score (nSPS) is 32.4.